The number of aromatic nitrogens is 1. The number of carbonyl (C=O) groups excluding carboxylic acids is 1. The smallest absolute Gasteiger partial charge is 0.255 e. The summed E-state index contributed by atoms with van der Waals surface area (Å²) in [7, 11) is 0. The number of anilines is 1. The maximum atomic E-state index is 11.6. The largest absolute Gasteiger partial charge is 0.384 e. The fourth-order valence-corrected chi connectivity index (χ4v) is 1.44. The maximum absolute atomic E-state index is 11.6. The first-order valence-corrected chi connectivity index (χ1v) is 4.98. The van der Waals surface area contributed by atoms with E-state index in [9.17, 15) is 4.79 Å². The molecule has 1 saturated carbocycles. The number of aryl methyl sites for hydroxylation is 1. The van der Waals surface area contributed by atoms with E-state index >= 15 is 0 Å². The topological polar surface area (TPSA) is 60.0 Å². The van der Waals surface area contributed by atoms with Gasteiger partial charge in [-0.2, -0.15) is 0 Å². The number of amides is 1. The molecule has 1 aliphatic carbocycles. The summed E-state index contributed by atoms with van der Waals surface area (Å²) in [4.78, 5) is 11.6. The van der Waals surface area contributed by atoms with E-state index in [4.69, 9.17) is 5.73 Å². The molecule has 2 rings (SSSR count). The molecule has 4 nitrogen and oxygen atoms in total. The Morgan fingerprint density at radius 1 is 1.71 bits per heavy atom. The average Bonchev–Trinajstić information content (AvgIpc) is 2.88. The Bertz CT molecular complexity index is 352. The van der Waals surface area contributed by atoms with Crippen LogP contribution in [0, 0.1) is 0 Å². The van der Waals surface area contributed by atoms with Gasteiger partial charge in [-0.25, -0.2) is 0 Å². The minimum atomic E-state index is -0.0443. The van der Waals surface area contributed by atoms with Crippen LogP contribution in [-0.4, -0.2) is 16.5 Å². The molecular weight excluding hydrogens is 178 g/mol. The van der Waals surface area contributed by atoms with E-state index in [1.807, 2.05) is 17.7 Å². The number of nitrogens with zero attached hydrogens (tertiary/aromatic N) is 1. The lowest BCUT2D eigenvalue weighted by Crippen LogP contribution is -2.25. The van der Waals surface area contributed by atoms with Gasteiger partial charge in [0.25, 0.3) is 5.91 Å². The number of hydrogen-bond acceptors (Lipinski definition) is 2. The highest BCUT2D eigenvalue weighted by Crippen LogP contribution is 2.21. The standard InChI is InChI=1S/C10H15N3O/c1-2-13-6-5-8(9(13)11)10(14)12-7-3-4-7/h5-7H,2-4,11H2,1H3,(H,12,14). The first kappa shape index (κ1) is 9.12. The van der Waals surface area contributed by atoms with Crippen LogP contribution in [0.2, 0.25) is 0 Å². The zero-order valence-corrected chi connectivity index (χ0v) is 8.29. The first-order valence-electron chi connectivity index (χ1n) is 4.98. The van der Waals surface area contributed by atoms with Crippen LogP contribution in [0.4, 0.5) is 5.82 Å². The van der Waals surface area contributed by atoms with E-state index in [2.05, 4.69) is 5.32 Å². The fraction of sp³-hybridized carbons (Fsp3) is 0.500. The first-order chi connectivity index (χ1) is 6.72. The Morgan fingerprint density at radius 3 is 2.93 bits per heavy atom. The lowest BCUT2D eigenvalue weighted by molar-refractivity contribution is 0.0952. The highest BCUT2D eigenvalue weighted by molar-refractivity contribution is 5.99. The second kappa shape index (κ2) is 3.36. The van der Waals surface area contributed by atoms with Gasteiger partial charge in [-0.1, -0.05) is 0 Å². The van der Waals surface area contributed by atoms with Gasteiger partial charge < -0.3 is 15.6 Å². The van der Waals surface area contributed by atoms with Crippen molar-refractivity contribution in [2.24, 2.45) is 0 Å². The summed E-state index contributed by atoms with van der Waals surface area (Å²) in [5.74, 6) is 0.517. The lowest BCUT2D eigenvalue weighted by atomic mass is 10.3. The molecule has 4 heteroatoms. The zero-order chi connectivity index (χ0) is 10.1. The number of hydrogen-bond donors (Lipinski definition) is 2. The Kier molecular flexibility index (Phi) is 2.19. The van der Waals surface area contributed by atoms with Gasteiger partial charge in [0.05, 0.1) is 5.56 Å². The van der Waals surface area contributed by atoms with Crippen molar-refractivity contribution in [1.82, 2.24) is 9.88 Å². The second-order valence-corrected chi connectivity index (χ2v) is 3.65. The molecular formula is C10H15N3O. The highest BCUT2D eigenvalue weighted by atomic mass is 16.1. The van der Waals surface area contributed by atoms with Gasteiger partial charge in [0, 0.05) is 18.8 Å². The van der Waals surface area contributed by atoms with E-state index in [1.165, 1.54) is 0 Å². The van der Waals surface area contributed by atoms with Gasteiger partial charge in [0.2, 0.25) is 0 Å². The number of nitrogen functional groups attached to an aromatic ring is 1. The van der Waals surface area contributed by atoms with Crippen molar-refractivity contribution in [1.29, 1.82) is 0 Å². The molecule has 1 amide bonds. The monoisotopic (exact) mass is 193 g/mol. The molecule has 0 unspecified atom stereocenters. The van der Waals surface area contributed by atoms with Gasteiger partial charge in [0.15, 0.2) is 0 Å². The fourth-order valence-electron chi connectivity index (χ4n) is 1.44. The molecule has 0 radical (unpaired) electrons. The van der Waals surface area contributed by atoms with Crippen molar-refractivity contribution >= 4 is 11.7 Å². The SMILES string of the molecule is CCn1ccc(C(=O)NC2CC2)c1N. The molecule has 0 bridgehead atoms. The Morgan fingerprint density at radius 2 is 2.43 bits per heavy atom. The van der Waals surface area contributed by atoms with E-state index in [1.54, 1.807) is 6.07 Å². The van der Waals surface area contributed by atoms with Crippen molar-refractivity contribution in [3.63, 3.8) is 0 Å². The number of carbonyl (C=O) groups is 1. The summed E-state index contributed by atoms with van der Waals surface area (Å²) in [6, 6.07) is 2.16. The summed E-state index contributed by atoms with van der Waals surface area (Å²) < 4.78 is 1.86. The van der Waals surface area contributed by atoms with E-state index in [0.717, 1.165) is 19.4 Å². The van der Waals surface area contributed by atoms with Crippen LogP contribution < -0.4 is 11.1 Å². The lowest BCUT2D eigenvalue weighted by Gasteiger charge is -2.04. The second-order valence-electron chi connectivity index (χ2n) is 3.65. The van der Waals surface area contributed by atoms with Crippen LogP contribution in [0.25, 0.3) is 0 Å². The Balaban J connectivity index is 2.13. The van der Waals surface area contributed by atoms with Crippen molar-refractivity contribution in [2.75, 3.05) is 5.73 Å². The van der Waals surface area contributed by atoms with Crippen LogP contribution in [0.15, 0.2) is 12.3 Å². The summed E-state index contributed by atoms with van der Waals surface area (Å²) >= 11 is 0. The van der Waals surface area contributed by atoms with Crippen LogP contribution in [0.1, 0.15) is 30.1 Å². The average molecular weight is 193 g/mol. The third kappa shape index (κ3) is 1.60. The molecule has 0 aliphatic heterocycles. The molecule has 76 valence electrons. The molecule has 1 aromatic heterocycles. The minimum absolute atomic E-state index is 0.0443. The number of nitrogens with two attached hydrogens (primary N) is 1. The van der Waals surface area contributed by atoms with Gasteiger partial charge in [0.1, 0.15) is 5.82 Å². The number of nitrogens with one attached hydrogen (secondary N) is 1. The molecule has 0 atom stereocenters. The molecule has 1 fully saturated rings. The van der Waals surface area contributed by atoms with Crippen LogP contribution >= 0.6 is 0 Å². The van der Waals surface area contributed by atoms with Crippen LogP contribution in [0.5, 0.6) is 0 Å². The minimum Gasteiger partial charge on any atom is -0.384 e. The summed E-state index contributed by atoms with van der Waals surface area (Å²) in [6.07, 6.45) is 4.04. The van der Waals surface area contributed by atoms with Crippen molar-refractivity contribution in [3.8, 4) is 0 Å². The van der Waals surface area contributed by atoms with Gasteiger partial charge in [-0.15, -0.1) is 0 Å². The third-order valence-electron chi connectivity index (χ3n) is 2.50. The number of rotatable bonds is 3. The van der Waals surface area contributed by atoms with Gasteiger partial charge >= 0.3 is 0 Å². The third-order valence-corrected chi connectivity index (χ3v) is 2.50. The molecule has 14 heavy (non-hydrogen) atoms. The van der Waals surface area contributed by atoms with E-state index in [-0.39, 0.29) is 5.91 Å². The van der Waals surface area contributed by atoms with Crippen molar-refractivity contribution < 1.29 is 4.79 Å². The van der Waals surface area contributed by atoms with Crippen molar-refractivity contribution in [3.05, 3.63) is 17.8 Å². The predicted octanol–water partition coefficient (Wildman–Crippen LogP) is 0.982. The molecule has 1 aliphatic rings. The quantitative estimate of drug-likeness (QED) is 0.751. The summed E-state index contributed by atoms with van der Waals surface area (Å²) in [5.41, 5.74) is 6.41. The molecule has 0 aromatic carbocycles. The summed E-state index contributed by atoms with van der Waals surface area (Å²) in [6.45, 7) is 2.79. The van der Waals surface area contributed by atoms with Crippen LogP contribution in [0.3, 0.4) is 0 Å². The van der Waals surface area contributed by atoms with E-state index in [0.29, 0.717) is 17.4 Å². The molecule has 3 N–H and O–H groups in total. The molecule has 0 saturated heterocycles. The molecule has 0 spiro atoms. The van der Waals surface area contributed by atoms with E-state index < -0.39 is 0 Å². The summed E-state index contributed by atoms with van der Waals surface area (Å²) in [5, 5.41) is 2.92. The predicted molar refractivity (Wildman–Crippen MR) is 55.0 cm³/mol. The molecule has 1 heterocycles. The van der Waals surface area contributed by atoms with Crippen LogP contribution in [-0.2, 0) is 6.54 Å². The Hall–Kier alpha value is -1.45. The zero-order valence-electron chi connectivity index (χ0n) is 8.29. The Labute approximate surface area is 83.1 Å². The normalized spacial score (nSPS) is 15.5. The van der Waals surface area contributed by atoms with Gasteiger partial charge in [-0.3, -0.25) is 4.79 Å². The van der Waals surface area contributed by atoms with Crippen molar-refractivity contribution in [2.45, 2.75) is 32.4 Å². The highest BCUT2D eigenvalue weighted by Gasteiger charge is 2.25. The van der Waals surface area contributed by atoms with Gasteiger partial charge in [-0.05, 0) is 25.8 Å². The molecule has 1 aromatic rings. The maximum Gasteiger partial charge on any atom is 0.255 e.